The van der Waals surface area contributed by atoms with Crippen molar-refractivity contribution in [1.82, 2.24) is 18.6 Å². The van der Waals surface area contributed by atoms with Crippen LogP contribution in [0, 0.1) is 6.92 Å². The number of hydrogen-bond donors (Lipinski definition) is 1. The van der Waals surface area contributed by atoms with Crippen molar-refractivity contribution in [3.05, 3.63) is 47.4 Å². The van der Waals surface area contributed by atoms with Crippen LogP contribution >= 0.6 is 0 Å². The summed E-state index contributed by atoms with van der Waals surface area (Å²) in [5.41, 5.74) is 1.95. The Morgan fingerprint density at radius 1 is 1.25 bits per heavy atom. The van der Waals surface area contributed by atoms with E-state index >= 15 is 0 Å². The zero-order valence-corrected chi connectivity index (χ0v) is 17.0. The summed E-state index contributed by atoms with van der Waals surface area (Å²) in [5.74, 6) is -0.609. The molecular formula is C19H24N4O4S. The monoisotopic (exact) mass is 404 g/mol. The van der Waals surface area contributed by atoms with Gasteiger partial charge >= 0.3 is 5.97 Å². The summed E-state index contributed by atoms with van der Waals surface area (Å²) in [6.07, 6.45) is 1.50. The van der Waals surface area contributed by atoms with Crippen LogP contribution in [0.3, 0.4) is 0 Å². The molecule has 1 atom stereocenters. The van der Waals surface area contributed by atoms with Crippen LogP contribution in [0.2, 0.25) is 0 Å². The molecule has 1 saturated heterocycles. The van der Waals surface area contributed by atoms with E-state index < -0.39 is 16.2 Å². The van der Waals surface area contributed by atoms with Crippen LogP contribution in [0.5, 0.6) is 0 Å². The van der Waals surface area contributed by atoms with Gasteiger partial charge < -0.3 is 5.11 Å². The van der Waals surface area contributed by atoms with Gasteiger partial charge in [-0.3, -0.25) is 0 Å². The van der Waals surface area contributed by atoms with Gasteiger partial charge in [-0.1, -0.05) is 18.2 Å². The number of aryl methyl sites for hydroxylation is 1. The zero-order chi connectivity index (χ0) is 20.5. The van der Waals surface area contributed by atoms with Crippen molar-refractivity contribution < 1.29 is 18.3 Å². The number of carbonyl (C=O) groups is 1. The standard InChI is InChI=1S/C19H24N4O4S/c1-13-11-17(15-8-4-5-9-16(15)19(24)25)21-18(20-13)14-7-6-10-23(12-14)28(26,27)22(2)3/h4-5,8-9,11,14H,6-7,10,12H2,1-3H3,(H,24,25). The van der Waals surface area contributed by atoms with Gasteiger partial charge in [-0.2, -0.15) is 17.0 Å². The highest BCUT2D eigenvalue weighted by Crippen LogP contribution is 2.29. The number of piperidine rings is 1. The number of benzene rings is 1. The normalized spacial score (nSPS) is 18.4. The number of hydrogen-bond acceptors (Lipinski definition) is 5. The Balaban J connectivity index is 1.98. The van der Waals surface area contributed by atoms with Gasteiger partial charge in [-0.25, -0.2) is 14.8 Å². The molecule has 1 unspecified atom stereocenters. The Morgan fingerprint density at radius 2 is 1.96 bits per heavy atom. The lowest BCUT2D eigenvalue weighted by atomic mass is 9.97. The number of aromatic nitrogens is 2. The fourth-order valence-corrected chi connectivity index (χ4v) is 4.59. The molecule has 0 radical (unpaired) electrons. The lowest BCUT2D eigenvalue weighted by molar-refractivity contribution is 0.0697. The summed E-state index contributed by atoms with van der Waals surface area (Å²) >= 11 is 0. The van der Waals surface area contributed by atoms with Gasteiger partial charge in [0.25, 0.3) is 10.2 Å². The van der Waals surface area contributed by atoms with Gasteiger partial charge in [0.15, 0.2) is 0 Å². The third kappa shape index (κ3) is 4.06. The predicted molar refractivity (Wildman–Crippen MR) is 105 cm³/mol. The predicted octanol–water partition coefficient (Wildman–Crippen LogP) is 2.14. The maximum Gasteiger partial charge on any atom is 0.336 e. The van der Waals surface area contributed by atoms with Crippen molar-refractivity contribution in [2.24, 2.45) is 0 Å². The van der Waals surface area contributed by atoms with Crippen molar-refractivity contribution in [1.29, 1.82) is 0 Å². The second-order valence-electron chi connectivity index (χ2n) is 7.09. The quantitative estimate of drug-likeness (QED) is 0.819. The topological polar surface area (TPSA) is 104 Å². The lowest BCUT2D eigenvalue weighted by Crippen LogP contribution is -2.45. The highest BCUT2D eigenvalue weighted by molar-refractivity contribution is 7.86. The van der Waals surface area contributed by atoms with Gasteiger partial charge in [-0.15, -0.1) is 0 Å². The zero-order valence-electron chi connectivity index (χ0n) is 16.2. The third-order valence-electron chi connectivity index (χ3n) is 4.84. The van der Waals surface area contributed by atoms with Crippen LogP contribution in [-0.4, -0.2) is 65.3 Å². The Labute approximate surface area is 165 Å². The lowest BCUT2D eigenvalue weighted by Gasteiger charge is -2.33. The number of nitrogens with zero attached hydrogens (tertiary/aromatic N) is 4. The van der Waals surface area contributed by atoms with E-state index in [0.29, 0.717) is 35.9 Å². The second kappa shape index (κ2) is 7.94. The summed E-state index contributed by atoms with van der Waals surface area (Å²) in [6.45, 7) is 2.61. The molecule has 1 aliphatic rings. The minimum absolute atomic E-state index is 0.140. The average Bonchev–Trinajstić information content (AvgIpc) is 2.67. The summed E-state index contributed by atoms with van der Waals surface area (Å²) in [6, 6.07) is 8.46. The van der Waals surface area contributed by atoms with E-state index in [1.807, 2.05) is 6.92 Å². The molecule has 0 spiro atoms. The molecule has 0 saturated carbocycles. The van der Waals surface area contributed by atoms with Gasteiger partial charge in [0.2, 0.25) is 0 Å². The van der Waals surface area contributed by atoms with Crippen LogP contribution in [0.4, 0.5) is 0 Å². The number of carboxylic acids is 1. The Kier molecular flexibility index (Phi) is 5.78. The van der Waals surface area contributed by atoms with E-state index in [0.717, 1.165) is 12.8 Å². The van der Waals surface area contributed by atoms with Crippen molar-refractivity contribution in [2.45, 2.75) is 25.7 Å². The van der Waals surface area contributed by atoms with Gasteiger partial charge in [0.1, 0.15) is 5.82 Å². The van der Waals surface area contributed by atoms with E-state index in [4.69, 9.17) is 0 Å². The van der Waals surface area contributed by atoms with Crippen molar-refractivity contribution in [2.75, 3.05) is 27.2 Å². The van der Waals surface area contributed by atoms with Crippen molar-refractivity contribution in [3.8, 4) is 11.3 Å². The van der Waals surface area contributed by atoms with Crippen molar-refractivity contribution in [3.63, 3.8) is 0 Å². The molecular weight excluding hydrogens is 380 g/mol. The van der Waals surface area contributed by atoms with Crippen LogP contribution in [0.25, 0.3) is 11.3 Å². The van der Waals surface area contributed by atoms with E-state index in [1.165, 1.54) is 22.7 Å². The number of rotatable bonds is 5. The molecule has 1 aromatic carbocycles. The minimum atomic E-state index is -3.50. The molecule has 0 bridgehead atoms. The summed E-state index contributed by atoms with van der Waals surface area (Å²) in [4.78, 5) is 20.7. The molecule has 0 amide bonds. The molecule has 3 rings (SSSR count). The van der Waals surface area contributed by atoms with Crippen LogP contribution in [0.15, 0.2) is 30.3 Å². The summed E-state index contributed by atoms with van der Waals surface area (Å²) in [7, 11) is -0.464. The first kappa shape index (κ1) is 20.4. The largest absolute Gasteiger partial charge is 0.478 e. The molecule has 1 N–H and O–H groups in total. The fourth-order valence-electron chi connectivity index (χ4n) is 3.40. The number of carboxylic acid groups (broad SMARTS) is 1. The van der Waals surface area contributed by atoms with Gasteiger partial charge in [0, 0.05) is 44.4 Å². The highest BCUT2D eigenvalue weighted by Gasteiger charge is 2.32. The van der Waals surface area contributed by atoms with Crippen LogP contribution in [0.1, 0.15) is 40.6 Å². The van der Waals surface area contributed by atoms with Crippen molar-refractivity contribution >= 4 is 16.2 Å². The third-order valence-corrected chi connectivity index (χ3v) is 6.75. The minimum Gasteiger partial charge on any atom is -0.478 e. The SMILES string of the molecule is Cc1cc(-c2ccccc2C(=O)O)nc(C2CCCN(S(=O)(=O)N(C)C)C2)n1. The van der Waals surface area contributed by atoms with E-state index in [-0.39, 0.29) is 11.5 Å². The van der Waals surface area contributed by atoms with E-state index in [9.17, 15) is 18.3 Å². The Morgan fingerprint density at radius 3 is 2.64 bits per heavy atom. The molecule has 0 aliphatic carbocycles. The van der Waals surface area contributed by atoms with Gasteiger partial charge in [0.05, 0.1) is 11.3 Å². The van der Waals surface area contributed by atoms with Crippen LogP contribution < -0.4 is 0 Å². The molecule has 2 aromatic rings. The molecule has 8 nitrogen and oxygen atoms in total. The second-order valence-corrected chi connectivity index (χ2v) is 9.23. The maximum absolute atomic E-state index is 12.5. The average molecular weight is 404 g/mol. The van der Waals surface area contributed by atoms with E-state index in [2.05, 4.69) is 9.97 Å². The summed E-state index contributed by atoms with van der Waals surface area (Å²) < 4.78 is 27.6. The molecule has 1 fully saturated rings. The fraction of sp³-hybridized carbons (Fsp3) is 0.421. The van der Waals surface area contributed by atoms with Gasteiger partial charge in [-0.05, 0) is 31.9 Å². The Hall–Kier alpha value is -2.36. The molecule has 2 heterocycles. The first-order chi connectivity index (χ1) is 13.2. The maximum atomic E-state index is 12.5. The number of aromatic carboxylic acids is 1. The Bertz CT molecular complexity index is 991. The first-order valence-corrected chi connectivity index (χ1v) is 10.5. The molecule has 28 heavy (non-hydrogen) atoms. The summed E-state index contributed by atoms with van der Waals surface area (Å²) in [5, 5.41) is 9.47. The van der Waals surface area contributed by atoms with Crippen LogP contribution in [-0.2, 0) is 10.2 Å². The smallest absolute Gasteiger partial charge is 0.336 e. The molecule has 9 heteroatoms. The first-order valence-electron chi connectivity index (χ1n) is 9.06. The van der Waals surface area contributed by atoms with E-state index in [1.54, 1.807) is 30.3 Å². The highest BCUT2D eigenvalue weighted by atomic mass is 32.2. The molecule has 150 valence electrons. The molecule has 1 aromatic heterocycles. The molecule has 1 aliphatic heterocycles.